The van der Waals surface area contributed by atoms with Gasteiger partial charge in [0, 0.05) is 53.2 Å². The van der Waals surface area contributed by atoms with E-state index in [0.29, 0.717) is 11.6 Å². The lowest BCUT2D eigenvalue weighted by atomic mass is 10.0. The maximum absolute atomic E-state index is 12.5. The Morgan fingerprint density at radius 1 is 1.25 bits per heavy atom. The van der Waals surface area contributed by atoms with Crippen LogP contribution in [0.5, 0.6) is 0 Å². The van der Waals surface area contributed by atoms with Gasteiger partial charge in [-0.25, -0.2) is 4.79 Å². The molecule has 146 valence electrons. The summed E-state index contributed by atoms with van der Waals surface area (Å²) < 4.78 is 2.14. The molecule has 1 aromatic carbocycles. The molecule has 7 heteroatoms. The van der Waals surface area contributed by atoms with Crippen LogP contribution in [-0.2, 0) is 19.5 Å². The largest absolute Gasteiger partial charge is 0.334 e. The number of hydrogen-bond acceptors (Lipinski definition) is 3. The Hall–Kier alpha value is -2.28. The number of carbonyl (C=O) groups excluding carboxylic acids is 1. The number of amides is 2. The highest BCUT2D eigenvalue weighted by Crippen LogP contribution is 2.35. The fourth-order valence-corrected chi connectivity index (χ4v) is 5.11. The summed E-state index contributed by atoms with van der Waals surface area (Å²) in [5.41, 5.74) is 4.18. The minimum absolute atomic E-state index is 0.225. The van der Waals surface area contributed by atoms with Gasteiger partial charge in [0.2, 0.25) is 0 Å². The van der Waals surface area contributed by atoms with Gasteiger partial charge < -0.3 is 20.1 Å². The quantitative estimate of drug-likeness (QED) is 0.643. The summed E-state index contributed by atoms with van der Waals surface area (Å²) in [6.45, 7) is 4.39. The molecule has 0 fully saturated rings. The number of fused-ring (bicyclic) bond motifs is 1. The second-order valence-corrected chi connectivity index (χ2v) is 8.58. The monoisotopic (exact) mass is 414 g/mol. The molecule has 2 aromatic heterocycles. The average Bonchev–Trinajstić information content (AvgIpc) is 3.31. The fraction of sp³-hybridized carbons (Fsp3) is 0.286. The lowest BCUT2D eigenvalue weighted by Crippen LogP contribution is -2.30. The second-order valence-electron chi connectivity index (χ2n) is 7.09. The highest BCUT2D eigenvalue weighted by atomic mass is 35.5. The van der Waals surface area contributed by atoms with Gasteiger partial charge in [0.15, 0.2) is 0 Å². The molecule has 0 saturated heterocycles. The molecule has 2 N–H and O–H groups in total. The van der Waals surface area contributed by atoms with Gasteiger partial charge in [-0.2, -0.15) is 0 Å². The van der Waals surface area contributed by atoms with Crippen molar-refractivity contribution in [3.63, 3.8) is 0 Å². The van der Waals surface area contributed by atoms with E-state index in [-0.39, 0.29) is 6.03 Å². The van der Waals surface area contributed by atoms with E-state index < -0.39 is 0 Å². The summed E-state index contributed by atoms with van der Waals surface area (Å²) in [5.74, 6) is 0. The van der Waals surface area contributed by atoms with E-state index in [4.69, 9.17) is 11.6 Å². The Labute approximate surface area is 173 Å². The van der Waals surface area contributed by atoms with E-state index in [1.807, 2.05) is 48.6 Å². The number of benzene rings is 1. The molecule has 3 aromatic rings. The number of urea groups is 1. The van der Waals surface area contributed by atoms with Gasteiger partial charge in [-0.15, -0.1) is 11.3 Å². The van der Waals surface area contributed by atoms with Gasteiger partial charge in [0.25, 0.3) is 0 Å². The summed E-state index contributed by atoms with van der Waals surface area (Å²) in [6, 6.07) is 9.33. The van der Waals surface area contributed by atoms with Crippen LogP contribution in [0, 0.1) is 6.92 Å². The lowest BCUT2D eigenvalue weighted by Gasteiger charge is -2.22. The third-order valence-corrected chi connectivity index (χ3v) is 6.80. The molecular formula is C21H23ClN4OS. The van der Waals surface area contributed by atoms with Crippen molar-refractivity contribution in [1.29, 1.82) is 0 Å². The van der Waals surface area contributed by atoms with E-state index in [2.05, 4.69) is 39.5 Å². The van der Waals surface area contributed by atoms with Gasteiger partial charge in [-0.05, 0) is 55.8 Å². The average molecular weight is 415 g/mol. The van der Waals surface area contributed by atoms with Crippen molar-refractivity contribution >= 4 is 34.7 Å². The number of thiophene rings is 1. The number of nitrogens with zero attached hydrogens (tertiary/aromatic N) is 2. The number of carbonyl (C=O) groups is 1. The zero-order valence-corrected chi connectivity index (χ0v) is 17.5. The summed E-state index contributed by atoms with van der Waals surface area (Å²) in [5, 5.41) is 7.77. The van der Waals surface area contributed by atoms with Crippen LogP contribution < -0.4 is 10.6 Å². The summed E-state index contributed by atoms with van der Waals surface area (Å²) in [7, 11) is 2.15. The van der Waals surface area contributed by atoms with Crippen LogP contribution in [0.4, 0.5) is 10.5 Å². The molecule has 0 aliphatic carbocycles. The third-order valence-electron chi connectivity index (χ3n) is 5.12. The number of likely N-dealkylation sites (N-methyl/N-ethyl adjacent to an activating group) is 1. The molecule has 5 nitrogen and oxygen atoms in total. The number of aromatic nitrogens is 1. The molecule has 0 spiro atoms. The van der Waals surface area contributed by atoms with Crippen LogP contribution in [0.1, 0.15) is 21.6 Å². The Morgan fingerprint density at radius 3 is 2.82 bits per heavy atom. The molecule has 1 aliphatic rings. The van der Waals surface area contributed by atoms with Gasteiger partial charge in [0.05, 0.1) is 0 Å². The number of rotatable bonds is 4. The van der Waals surface area contributed by atoms with Crippen molar-refractivity contribution in [2.45, 2.75) is 26.4 Å². The van der Waals surface area contributed by atoms with Crippen molar-refractivity contribution in [3.8, 4) is 5.00 Å². The standard InChI is InChI=1S/C21H23ClN4OS/c1-14-17(22)6-5-7-18(14)24-21(27)23-12-16-15-8-11-25(2)13-19(15)28-20(16)26-9-3-4-10-26/h3-7,9-10H,8,11-13H2,1-2H3,(H2,23,24,27). The fourth-order valence-electron chi connectivity index (χ4n) is 3.52. The molecule has 0 radical (unpaired) electrons. The first-order valence-corrected chi connectivity index (χ1v) is 10.5. The summed E-state index contributed by atoms with van der Waals surface area (Å²) in [6.07, 6.45) is 5.12. The molecular weight excluding hydrogens is 392 g/mol. The topological polar surface area (TPSA) is 49.3 Å². The van der Waals surface area contributed by atoms with Crippen molar-refractivity contribution in [2.24, 2.45) is 0 Å². The highest BCUT2D eigenvalue weighted by Gasteiger charge is 2.23. The van der Waals surface area contributed by atoms with Crippen LogP contribution in [0.2, 0.25) is 5.02 Å². The van der Waals surface area contributed by atoms with E-state index in [1.165, 1.54) is 21.0 Å². The molecule has 2 amide bonds. The van der Waals surface area contributed by atoms with Gasteiger partial charge >= 0.3 is 6.03 Å². The summed E-state index contributed by atoms with van der Waals surface area (Å²) in [4.78, 5) is 16.2. The Balaban J connectivity index is 1.54. The predicted octanol–water partition coefficient (Wildman–Crippen LogP) is 4.81. The maximum atomic E-state index is 12.5. The van der Waals surface area contributed by atoms with Gasteiger partial charge in [-0.1, -0.05) is 17.7 Å². The van der Waals surface area contributed by atoms with Gasteiger partial charge in [-0.3, -0.25) is 0 Å². The van der Waals surface area contributed by atoms with Crippen molar-refractivity contribution < 1.29 is 4.79 Å². The molecule has 0 saturated carbocycles. The second kappa shape index (κ2) is 7.99. The third kappa shape index (κ3) is 3.81. The van der Waals surface area contributed by atoms with Crippen LogP contribution in [-0.4, -0.2) is 29.1 Å². The minimum Gasteiger partial charge on any atom is -0.334 e. The smallest absolute Gasteiger partial charge is 0.319 e. The van der Waals surface area contributed by atoms with Gasteiger partial charge in [0.1, 0.15) is 5.00 Å². The van der Waals surface area contributed by atoms with Crippen LogP contribution in [0.3, 0.4) is 0 Å². The van der Waals surface area contributed by atoms with Crippen LogP contribution >= 0.6 is 22.9 Å². The Bertz CT molecular complexity index is 996. The number of halogens is 1. The number of hydrogen-bond donors (Lipinski definition) is 2. The minimum atomic E-state index is -0.225. The molecule has 1 aliphatic heterocycles. The van der Waals surface area contributed by atoms with Crippen LogP contribution in [0.15, 0.2) is 42.7 Å². The number of nitrogens with one attached hydrogen (secondary N) is 2. The molecule has 0 atom stereocenters. The molecule has 28 heavy (non-hydrogen) atoms. The number of anilines is 1. The molecule has 0 bridgehead atoms. The molecule has 0 unspecified atom stereocenters. The zero-order valence-electron chi connectivity index (χ0n) is 16.0. The molecule has 3 heterocycles. The first-order valence-electron chi connectivity index (χ1n) is 9.28. The Kier molecular flexibility index (Phi) is 5.44. The summed E-state index contributed by atoms with van der Waals surface area (Å²) >= 11 is 7.96. The predicted molar refractivity (Wildman–Crippen MR) is 116 cm³/mol. The van der Waals surface area contributed by atoms with Crippen molar-refractivity contribution in [3.05, 3.63) is 69.3 Å². The van der Waals surface area contributed by atoms with Crippen LogP contribution in [0.25, 0.3) is 5.00 Å². The van der Waals surface area contributed by atoms with E-state index in [0.717, 1.165) is 30.8 Å². The van der Waals surface area contributed by atoms with E-state index in [9.17, 15) is 4.79 Å². The first-order chi connectivity index (χ1) is 13.5. The highest BCUT2D eigenvalue weighted by molar-refractivity contribution is 7.14. The Morgan fingerprint density at radius 2 is 2.04 bits per heavy atom. The SMILES string of the molecule is Cc1c(Cl)cccc1NC(=O)NCc1c(-n2cccc2)sc2c1CCN(C)C2. The molecule has 4 rings (SSSR count). The maximum Gasteiger partial charge on any atom is 0.319 e. The van der Waals surface area contributed by atoms with E-state index >= 15 is 0 Å². The lowest BCUT2D eigenvalue weighted by molar-refractivity contribution is 0.251. The first kappa shape index (κ1) is 19.1. The van der Waals surface area contributed by atoms with Crippen molar-refractivity contribution in [1.82, 2.24) is 14.8 Å². The zero-order chi connectivity index (χ0) is 19.7. The normalized spacial score (nSPS) is 14.0. The van der Waals surface area contributed by atoms with Crippen molar-refractivity contribution in [2.75, 3.05) is 18.9 Å². The van der Waals surface area contributed by atoms with E-state index in [1.54, 1.807) is 0 Å².